The van der Waals surface area contributed by atoms with Crippen LogP contribution in [0.1, 0.15) is 6.42 Å². The number of amides is 2. The van der Waals surface area contributed by atoms with E-state index < -0.39 is 0 Å². The van der Waals surface area contributed by atoms with Gasteiger partial charge in [0.25, 0.3) is 0 Å². The zero-order valence-electron chi connectivity index (χ0n) is 7.01. The Balaban J connectivity index is 2.08. The minimum absolute atomic E-state index is 0.146. The van der Waals surface area contributed by atoms with Crippen LogP contribution < -0.4 is 5.84 Å². The summed E-state index contributed by atoms with van der Waals surface area (Å²) < 4.78 is 0. The normalized spacial score (nSPS) is 46.4. The van der Waals surface area contributed by atoms with Gasteiger partial charge in [-0.05, 0) is 18.3 Å². The number of nitrogens with two attached hydrogens (primary N) is 1. The average molecular weight is 178 g/mol. The second-order valence-corrected chi connectivity index (χ2v) is 4.05. The van der Waals surface area contributed by atoms with Crippen molar-refractivity contribution in [3.8, 4) is 0 Å². The van der Waals surface area contributed by atoms with E-state index in [2.05, 4.69) is 12.2 Å². The van der Waals surface area contributed by atoms with Gasteiger partial charge >= 0.3 is 0 Å². The first-order valence-corrected chi connectivity index (χ1v) is 4.51. The highest BCUT2D eigenvalue weighted by Gasteiger charge is 2.58. The maximum atomic E-state index is 11.5. The van der Waals surface area contributed by atoms with Crippen LogP contribution in [0.5, 0.6) is 0 Å². The number of hydrogen-bond donors (Lipinski definition) is 1. The van der Waals surface area contributed by atoms with Gasteiger partial charge < -0.3 is 0 Å². The lowest BCUT2D eigenvalue weighted by Crippen LogP contribution is -2.38. The van der Waals surface area contributed by atoms with Gasteiger partial charge in [-0.1, -0.05) is 12.2 Å². The van der Waals surface area contributed by atoms with E-state index in [1.54, 1.807) is 0 Å². The predicted octanol–water partition coefficient (Wildman–Crippen LogP) is -0.333. The Labute approximate surface area is 75.3 Å². The summed E-state index contributed by atoms with van der Waals surface area (Å²) in [4.78, 5) is 23.1. The zero-order chi connectivity index (χ0) is 9.16. The van der Waals surface area contributed by atoms with Crippen LogP contribution in [0.4, 0.5) is 0 Å². The Bertz CT molecular complexity index is 307. The van der Waals surface area contributed by atoms with Crippen LogP contribution in [-0.2, 0) is 9.59 Å². The van der Waals surface area contributed by atoms with Gasteiger partial charge in [0.2, 0.25) is 11.8 Å². The minimum Gasteiger partial charge on any atom is -0.273 e. The summed E-state index contributed by atoms with van der Waals surface area (Å²) in [6.45, 7) is 0. The van der Waals surface area contributed by atoms with Crippen molar-refractivity contribution in [2.75, 3.05) is 0 Å². The third-order valence-corrected chi connectivity index (χ3v) is 3.50. The topological polar surface area (TPSA) is 63.4 Å². The number of hydrazine groups is 1. The van der Waals surface area contributed by atoms with Gasteiger partial charge in [0.05, 0.1) is 11.8 Å². The molecule has 1 saturated heterocycles. The third-order valence-electron chi connectivity index (χ3n) is 3.50. The van der Waals surface area contributed by atoms with Gasteiger partial charge in [-0.15, -0.1) is 0 Å². The van der Waals surface area contributed by atoms with Crippen molar-refractivity contribution < 1.29 is 9.59 Å². The lowest BCUT2D eigenvalue weighted by atomic mass is 9.85. The molecule has 4 nitrogen and oxygen atoms in total. The van der Waals surface area contributed by atoms with Gasteiger partial charge in [-0.3, -0.25) is 9.59 Å². The van der Waals surface area contributed by atoms with Crippen molar-refractivity contribution in [2.24, 2.45) is 29.5 Å². The second kappa shape index (κ2) is 2.01. The Morgan fingerprint density at radius 3 is 2.08 bits per heavy atom. The molecule has 0 unspecified atom stereocenters. The molecule has 2 amide bonds. The summed E-state index contributed by atoms with van der Waals surface area (Å²) in [5.41, 5.74) is 0. The van der Waals surface area contributed by atoms with Gasteiger partial charge in [-0.2, -0.15) is 0 Å². The molecule has 13 heavy (non-hydrogen) atoms. The lowest BCUT2D eigenvalue weighted by Gasteiger charge is -2.14. The first-order valence-electron chi connectivity index (χ1n) is 4.51. The van der Waals surface area contributed by atoms with E-state index in [-0.39, 0.29) is 35.5 Å². The van der Waals surface area contributed by atoms with E-state index in [0.717, 1.165) is 11.4 Å². The quantitative estimate of drug-likeness (QED) is 0.239. The van der Waals surface area contributed by atoms with Gasteiger partial charge in [0.15, 0.2) is 0 Å². The van der Waals surface area contributed by atoms with E-state index in [1.807, 2.05) is 0 Å². The Morgan fingerprint density at radius 1 is 1.15 bits per heavy atom. The van der Waals surface area contributed by atoms with Crippen molar-refractivity contribution in [3.05, 3.63) is 12.2 Å². The molecule has 0 aromatic carbocycles. The van der Waals surface area contributed by atoms with Crippen molar-refractivity contribution in [1.82, 2.24) is 5.01 Å². The molecule has 4 atom stereocenters. The van der Waals surface area contributed by atoms with Crippen molar-refractivity contribution in [3.63, 3.8) is 0 Å². The van der Waals surface area contributed by atoms with Crippen LogP contribution in [0, 0.1) is 23.7 Å². The maximum absolute atomic E-state index is 11.5. The van der Waals surface area contributed by atoms with Crippen LogP contribution >= 0.6 is 0 Å². The highest BCUT2D eigenvalue weighted by molar-refractivity contribution is 6.05. The fourth-order valence-electron chi connectivity index (χ4n) is 2.93. The molecule has 1 aliphatic heterocycles. The summed E-state index contributed by atoms with van der Waals surface area (Å²) in [6.07, 6.45) is 5.06. The molecule has 0 aromatic rings. The van der Waals surface area contributed by atoms with Gasteiger partial charge in [-0.25, -0.2) is 10.9 Å². The summed E-state index contributed by atoms with van der Waals surface area (Å²) in [6, 6.07) is 0. The molecule has 2 bridgehead atoms. The van der Waals surface area contributed by atoms with Crippen LogP contribution in [0.3, 0.4) is 0 Å². The van der Waals surface area contributed by atoms with Crippen LogP contribution in [-0.4, -0.2) is 16.8 Å². The largest absolute Gasteiger partial charge is 0.273 e. The number of allylic oxidation sites excluding steroid dienone is 2. The molecule has 2 aliphatic carbocycles. The summed E-state index contributed by atoms with van der Waals surface area (Å²) >= 11 is 0. The first kappa shape index (κ1) is 7.26. The highest BCUT2D eigenvalue weighted by atomic mass is 16.2. The number of rotatable bonds is 0. The minimum atomic E-state index is -0.188. The average Bonchev–Trinajstić information content (AvgIpc) is 2.76. The van der Waals surface area contributed by atoms with Crippen LogP contribution in [0.2, 0.25) is 0 Å². The summed E-state index contributed by atoms with van der Waals surface area (Å²) in [5, 5.41) is 0.807. The third kappa shape index (κ3) is 0.659. The molecule has 0 radical (unpaired) electrons. The monoisotopic (exact) mass is 178 g/mol. The molecule has 4 heteroatoms. The zero-order valence-corrected chi connectivity index (χ0v) is 7.01. The molecule has 3 rings (SSSR count). The number of carbonyl (C=O) groups is 2. The summed E-state index contributed by atoms with van der Waals surface area (Å²) in [7, 11) is 0. The lowest BCUT2D eigenvalue weighted by molar-refractivity contribution is -0.141. The standard InChI is InChI=1S/C9H10N2O2/c10-11-8(12)6-4-1-2-5(3-4)7(6)9(11)13/h1-2,4-7H,3,10H2/t4-,5-,6-,7-/m0/s1. The first-order chi connectivity index (χ1) is 6.20. The number of nitrogens with zero attached hydrogens (tertiary/aromatic N) is 1. The molecule has 1 heterocycles. The second-order valence-electron chi connectivity index (χ2n) is 4.05. The van der Waals surface area contributed by atoms with E-state index in [4.69, 9.17) is 5.84 Å². The highest BCUT2D eigenvalue weighted by Crippen LogP contribution is 2.51. The van der Waals surface area contributed by atoms with E-state index in [9.17, 15) is 9.59 Å². The fraction of sp³-hybridized carbons (Fsp3) is 0.556. The molecule has 2 N–H and O–H groups in total. The molecule has 1 saturated carbocycles. The molecule has 3 aliphatic rings. The van der Waals surface area contributed by atoms with Crippen molar-refractivity contribution in [2.45, 2.75) is 6.42 Å². The maximum Gasteiger partial charge on any atom is 0.248 e. The molecular formula is C9H10N2O2. The van der Waals surface area contributed by atoms with Crippen LogP contribution in [0.25, 0.3) is 0 Å². The van der Waals surface area contributed by atoms with Crippen molar-refractivity contribution in [1.29, 1.82) is 0 Å². The van der Waals surface area contributed by atoms with E-state index >= 15 is 0 Å². The Morgan fingerprint density at radius 2 is 1.62 bits per heavy atom. The Kier molecular flexibility index (Phi) is 1.12. The number of fused-ring (bicyclic) bond motifs is 5. The Hall–Kier alpha value is -1.16. The van der Waals surface area contributed by atoms with Crippen molar-refractivity contribution >= 4 is 11.8 Å². The smallest absolute Gasteiger partial charge is 0.248 e. The SMILES string of the molecule is NN1C(=O)[C@@H]2[C@@H](C1=O)[C@H]1C=C[C@H]2C1. The molecule has 2 fully saturated rings. The fourth-order valence-corrected chi connectivity index (χ4v) is 2.93. The molecule has 0 spiro atoms. The molecular weight excluding hydrogens is 168 g/mol. The van der Waals surface area contributed by atoms with E-state index in [1.165, 1.54) is 0 Å². The van der Waals surface area contributed by atoms with Gasteiger partial charge in [0.1, 0.15) is 0 Å². The number of hydrogen-bond acceptors (Lipinski definition) is 3. The number of carbonyl (C=O) groups excluding carboxylic acids is 2. The van der Waals surface area contributed by atoms with Crippen LogP contribution in [0.15, 0.2) is 12.2 Å². The predicted molar refractivity (Wildman–Crippen MR) is 43.8 cm³/mol. The van der Waals surface area contributed by atoms with E-state index in [0.29, 0.717) is 0 Å². The van der Waals surface area contributed by atoms with Gasteiger partial charge in [0, 0.05) is 0 Å². The summed E-state index contributed by atoms with van der Waals surface area (Å²) in [5.74, 6) is 5.23. The molecule has 0 aromatic heterocycles. The molecule has 68 valence electrons. The number of imide groups is 1.